The Morgan fingerprint density at radius 3 is 2.27 bits per heavy atom. The molecule has 0 aromatic heterocycles. The van der Waals surface area contributed by atoms with Gasteiger partial charge in [-0.15, -0.1) is 0 Å². The van der Waals surface area contributed by atoms with Crippen LogP contribution in [0.5, 0.6) is 5.75 Å². The van der Waals surface area contributed by atoms with Crippen molar-refractivity contribution in [3.8, 4) is 5.75 Å². The molecule has 0 atom stereocenters. The van der Waals surface area contributed by atoms with Crippen LogP contribution in [0.3, 0.4) is 0 Å². The molecule has 0 radical (unpaired) electrons. The second-order valence-corrected chi connectivity index (χ2v) is 5.24. The molecule has 0 aliphatic rings. The number of phenols is 1. The Labute approximate surface area is 136 Å². The van der Waals surface area contributed by atoms with Gasteiger partial charge in [-0.25, -0.2) is 0 Å². The Kier molecular flexibility index (Phi) is 5.25. The topological polar surface area (TPSA) is 78.4 Å². The first-order valence-corrected chi connectivity index (χ1v) is 7.04. The minimum atomic E-state index is -0.547. The van der Waals surface area contributed by atoms with Crippen molar-refractivity contribution in [3.63, 3.8) is 0 Å². The highest BCUT2D eigenvalue weighted by Crippen LogP contribution is 2.24. The molecular formula is C15H12Cl2N2O3. The molecule has 2 rings (SSSR count). The smallest absolute Gasteiger partial charge is 0.269 e. The highest BCUT2D eigenvalue weighted by atomic mass is 35.5. The van der Waals surface area contributed by atoms with Gasteiger partial charge >= 0.3 is 0 Å². The third-order valence-electron chi connectivity index (χ3n) is 2.82. The maximum absolute atomic E-state index is 11.8. The lowest BCUT2D eigenvalue weighted by molar-refractivity contribution is -0.121. The quantitative estimate of drug-likeness (QED) is 0.753. The molecule has 0 saturated heterocycles. The lowest BCUT2D eigenvalue weighted by Gasteiger charge is -2.09. The second-order valence-electron chi connectivity index (χ2n) is 4.43. The standard InChI is InChI=1S/C15H12Cl2N2O3/c16-12-5-2-6-13(17)11(12)8-14(21)18-19-15(22)9-3-1-4-10(20)7-9/h1-7,20H,8H2,(H,18,21)(H,19,22). The van der Waals surface area contributed by atoms with Crippen molar-refractivity contribution in [2.24, 2.45) is 0 Å². The number of hydrogen-bond acceptors (Lipinski definition) is 3. The summed E-state index contributed by atoms with van der Waals surface area (Å²) in [7, 11) is 0. The van der Waals surface area contributed by atoms with E-state index in [1.807, 2.05) is 0 Å². The number of phenolic OH excluding ortho intramolecular Hbond substituents is 1. The van der Waals surface area contributed by atoms with Crippen molar-refractivity contribution < 1.29 is 14.7 Å². The number of nitrogens with one attached hydrogen (secondary N) is 2. The van der Waals surface area contributed by atoms with Gasteiger partial charge in [-0.1, -0.05) is 35.3 Å². The molecule has 7 heteroatoms. The van der Waals surface area contributed by atoms with Gasteiger partial charge in [-0.3, -0.25) is 20.4 Å². The minimum Gasteiger partial charge on any atom is -0.508 e. The first-order valence-electron chi connectivity index (χ1n) is 6.28. The molecule has 0 fully saturated rings. The zero-order valence-electron chi connectivity index (χ0n) is 11.3. The van der Waals surface area contributed by atoms with Crippen LogP contribution in [-0.2, 0) is 11.2 Å². The maximum atomic E-state index is 11.8. The van der Waals surface area contributed by atoms with Gasteiger partial charge in [0.2, 0.25) is 5.91 Å². The van der Waals surface area contributed by atoms with Crippen LogP contribution in [-0.4, -0.2) is 16.9 Å². The average molecular weight is 339 g/mol. The van der Waals surface area contributed by atoms with Gasteiger partial charge in [0.15, 0.2) is 0 Å². The van der Waals surface area contributed by atoms with E-state index in [1.165, 1.54) is 24.3 Å². The number of hydrazine groups is 1. The number of hydrogen-bond donors (Lipinski definition) is 3. The van der Waals surface area contributed by atoms with Crippen LogP contribution in [0.15, 0.2) is 42.5 Å². The van der Waals surface area contributed by atoms with Crippen molar-refractivity contribution in [2.75, 3.05) is 0 Å². The van der Waals surface area contributed by atoms with E-state index in [4.69, 9.17) is 23.2 Å². The third kappa shape index (κ3) is 4.13. The van der Waals surface area contributed by atoms with Crippen molar-refractivity contribution in [1.29, 1.82) is 0 Å². The molecule has 22 heavy (non-hydrogen) atoms. The SMILES string of the molecule is O=C(Cc1c(Cl)cccc1Cl)NNC(=O)c1cccc(O)c1. The Balaban J connectivity index is 1.94. The zero-order valence-corrected chi connectivity index (χ0v) is 12.8. The molecule has 0 heterocycles. The summed E-state index contributed by atoms with van der Waals surface area (Å²) in [5.74, 6) is -1.06. The summed E-state index contributed by atoms with van der Waals surface area (Å²) in [6, 6.07) is 10.7. The van der Waals surface area contributed by atoms with Gasteiger partial charge in [0.1, 0.15) is 5.75 Å². The number of rotatable bonds is 3. The van der Waals surface area contributed by atoms with Crippen LogP contribution in [0.2, 0.25) is 10.0 Å². The van der Waals surface area contributed by atoms with Crippen molar-refractivity contribution in [2.45, 2.75) is 6.42 Å². The number of benzene rings is 2. The molecule has 0 unspecified atom stereocenters. The molecule has 0 aliphatic carbocycles. The van der Waals surface area contributed by atoms with Gasteiger partial charge in [0.05, 0.1) is 6.42 Å². The normalized spacial score (nSPS) is 10.1. The largest absolute Gasteiger partial charge is 0.508 e. The molecule has 2 amide bonds. The molecule has 0 saturated carbocycles. The molecule has 0 bridgehead atoms. The van der Waals surface area contributed by atoms with E-state index >= 15 is 0 Å². The number of halogens is 2. The van der Waals surface area contributed by atoms with E-state index in [9.17, 15) is 14.7 Å². The van der Waals surface area contributed by atoms with E-state index in [2.05, 4.69) is 10.9 Å². The predicted octanol–water partition coefficient (Wildman–Crippen LogP) is 2.70. The highest BCUT2D eigenvalue weighted by Gasteiger charge is 2.12. The predicted molar refractivity (Wildman–Crippen MR) is 83.9 cm³/mol. The monoisotopic (exact) mass is 338 g/mol. The third-order valence-corrected chi connectivity index (χ3v) is 3.53. The van der Waals surface area contributed by atoms with Crippen LogP contribution >= 0.6 is 23.2 Å². The lowest BCUT2D eigenvalue weighted by Crippen LogP contribution is -2.42. The molecule has 5 nitrogen and oxygen atoms in total. The lowest BCUT2D eigenvalue weighted by atomic mass is 10.1. The van der Waals surface area contributed by atoms with Crippen molar-refractivity contribution >= 4 is 35.0 Å². The van der Waals surface area contributed by atoms with Gasteiger partial charge in [0, 0.05) is 15.6 Å². The number of carbonyl (C=O) groups excluding carboxylic acids is 2. The summed E-state index contributed by atoms with van der Waals surface area (Å²) in [4.78, 5) is 23.6. The van der Waals surface area contributed by atoms with Gasteiger partial charge < -0.3 is 5.11 Å². The fourth-order valence-corrected chi connectivity index (χ4v) is 2.28. The van der Waals surface area contributed by atoms with E-state index in [1.54, 1.807) is 18.2 Å². The highest BCUT2D eigenvalue weighted by molar-refractivity contribution is 6.36. The Morgan fingerprint density at radius 1 is 1.00 bits per heavy atom. The Hall–Kier alpha value is -2.24. The zero-order chi connectivity index (χ0) is 16.1. The maximum Gasteiger partial charge on any atom is 0.269 e. The molecule has 2 aromatic carbocycles. The Bertz CT molecular complexity index is 699. The average Bonchev–Trinajstić information content (AvgIpc) is 2.48. The van der Waals surface area contributed by atoms with E-state index in [0.717, 1.165) is 0 Å². The summed E-state index contributed by atoms with van der Waals surface area (Å²) >= 11 is 11.9. The summed E-state index contributed by atoms with van der Waals surface area (Å²) in [6.45, 7) is 0. The molecular weight excluding hydrogens is 327 g/mol. The fourth-order valence-electron chi connectivity index (χ4n) is 1.75. The fraction of sp³-hybridized carbons (Fsp3) is 0.0667. The summed E-state index contributed by atoms with van der Waals surface area (Å²) in [5, 5.41) is 10.1. The van der Waals surface area contributed by atoms with E-state index in [0.29, 0.717) is 15.6 Å². The first kappa shape index (κ1) is 16.1. The summed E-state index contributed by atoms with van der Waals surface area (Å²) in [5.41, 5.74) is 5.22. The number of carbonyl (C=O) groups is 2. The van der Waals surface area contributed by atoms with Gasteiger partial charge in [0.25, 0.3) is 5.91 Å². The van der Waals surface area contributed by atoms with Crippen LogP contribution in [0.1, 0.15) is 15.9 Å². The Morgan fingerprint density at radius 2 is 1.64 bits per heavy atom. The van der Waals surface area contributed by atoms with Crippen LogP contribution in [0.25, 0.3) is 0 Å². The van der Waals surface area contributed by atoms with E-state index in [-0.39, 0.29) is 17.7 Å². The molecule has 114 valence electrons. The minimum absolute atomic E-state index is 0.0400. The molecule has 0 spiro atoms. The number of amides is 2. The van der Waals surface area contributed by atoms with Gasteiger partial charge in [-0.05, 0) is 35.9 Å². The summed E-state index contributed by atoms with van der Waals surface area (Å²) in [6.07, 6.45) is -0.0706. The van der Waals surface area contributed by atoms with Crippen LogP contribution < -0.4 is 10.9 Å². The molecule has 3 N–H and O–H groups in total. The van der Waals surface area contributed by atoms with E-state index < -0.39 is 11.8 Å². The number of aromatic hydroxyl groups is 1. The second kappa shape index (κ2) is 7.15. The van der Waals surface area contributed by atoms with Crippen molar-refractivity contribution in [3.05, 3.63) is 63.6 Å². The van der Waals surface area contributed by atoms with Crippen LogP contribution in [0, 0.1) is 0 Å². The molecule has 0 aliphatic heterocycles. The summed E-state index contributed by atoms with van der Waals surface area (Å²) < 4.78 is 0. The van der Waals surface area contributed by atoms with Gasteiger partial charge in [-0.2, -0.15) is 0 Å². The van der Waals surface area contributed by atoms with Crippen LogP contribution in [0.4, 0.5) is 0 Å². The first-order chi connectivity index (χ1) is 10.5. The molecule has 2 aromatic rings. The van der Waals surface area contributed by atoms with Crippen molar-refractivity contribution in [1.82, 2.24) is 10.9 Å².